The first-order chi connectivity index (χ1) is 27.7. The number of ether oxygens (including phenoxy) is 4. The maximum atomic E-state index is 13.1. The summed E-state index contributed by atoms with van der Waals surface area (Å²) in [5.41, 5.74) is 10.7. The summed E-state index contributed by atoms with van der Waals surface area (Å²) in [7, 11) is 0. The van der Waals surface area contributed by atoms with Gasteiger partial charge in [0.05, 0.1) is 57.6 Å². The Morgan fingerprint density at radius 2 is 1.58 bits per heavy atom. The van der Waals surface area contributed by atoms with E-state index in [1.807, 2.05) is 18.2 Å². The van der Waals surface area contributed by atoms with E-state index in [1.54, 1.807) is 35.2 Å². The van der Waals surface area contributed by atoms with E-state index >= 15 is 0 Å². The van der Waals surface area contributed by atoms with Crippen molar-refractivity contribution in [3.63, 3.8) is 0 Å². The van der Waals surface area contributed by atoms with Gasteiger partial charge >= 0.3 is 0 Å². The van der Waals surface area contributed by atoms with E-state index in [9.17, 15) is 24.3 Å². The summed E-state index contributed by atoms with van der Waals surface area (Å²) < 4.78 is 22.2. The Morgan fingerprint density at radius 1 is 0.895 bits per heavy atom. The highest BCUT2D eigenvalue weighted by molar-refractivity contribution is 6.02. The Balaban J connectivity index is 0.758. The van der Waals surface area contributed by atoms with Crippen LogP contribution >= 0.6 is 0 Å². The summed E-state index contributed by atoms with van der Waals surface area (Å²) in [4.78, 5) is 54.7. The van der Waals surface area contributed by atoms with Crippen molar-refractivity contribution < 1.29 is 43.2 Å². The smallest absolute Gasteiger partial charge is 0.255 e. The molecule has 0 bridgehead atoms. The van der Waals surface area contributed by atoms with E-state index in [-0.39, 0.29) is 54.8 Å². The van der Waals surface area contributed by atoms with Crippen molar-refractivity contribution in [1.82, 2.24) is 25.7 Å². The lowest BCUT2D eigenvalue weighted by atomic mass is 9.95. The van der Waals surface area contributed by atoms with Gasteiger partial charge in [-0.25, -0.2) is 0 Å². The third-order valence-electron chi connectivity index (χ3n) is 10.3. The number of fused-ring (bicyclic) bond motifs is 1. The molecule has 1 unspecified atom stereocenters. The molecule has 3 aliphatic rings. The van der Waals surface area contributed by atoms with E-state index in [0.29, 0.717) is 120 Å². The maximum absolute atomic E-state index is 13.1. The molecule has 3 aromatic rings. The summed E-state index contributed by atoms with van der Waals surface area (Å²) in [6.45, 7) is 8.14. The van der Waals surface area contributed by atoms with Crippen LogP contribution in [0.3, 0.4) is 0 Å². The fourth-order valence-electron chi connectivity index (χ4n) is 7.24. The number of anilines is 2. The first-order valence-corrected chi connectivity index (χ1v) is 19.4. The molecule has 4 heterocycles. The second-order valence-electron chi connectivity index (χ2n) is 14.2. The fourth-order valence-corrected chi connectivity index (χ4v) is 7.24. The van der Waals surface area contributed by atoms with Gasteiger partial charge in [0, 0.05) is 55.3 Å². The van der Waals surface area contributed by atoms with Gasteiger partial charge in [0.25, 0.3) is 5.91 Å². The predicted molar refractivity (Wildman–Crippen MR) is 210 cm³/mol. The number of Topliss-reactive ketones (excluding diaryl/α,β-unsaturated/α-hetero) is 1. The second kappa shape index (κ2) is 20.1. The number of hydrogen-bond donors (Lipinski definition) is 4. The molecule has 1 atom stereocenters. The summed E-state index contributed by atoms with van der Waals surface area (Å²) in [5.74, 6) is -0.226. The molecule has 57 heavy (non-hydrogen) atoms. The number of aromatic nitrogens is 2. The first-order valence-electron chi connectivity index (χ1n) is 19.4. The number of nitrogen functional groups attached to an aromatic ring is 1. The highest BCUT2D eigenvalue weighted by Crippen LogP contribution is 2.34. The van der Waals surface area contributed by atoms with Gasteiger partial charge in [0.1, 0.15) is 18.4 Å². The molecular weight excluding hydrogens is 734 g/mol. The number of nitrogens with zero attached hydrogens (tertiary/aromatic N) is 4. The molecule has 2 aromatic carbocycles. The summed E-state index contributed by atoms with van der Waals surface area (Å²) in [6, 6.07) is 13.5. The molecule has 3 amide bonds. The predicted octanol–water partition coefficient (Wildman–Crippen LogP) is 2.39. The van der Waals surface area contributed by atoms with Gasteiger partial charge < -0.3 is 50.2 Å². The van der Waals surface area contributed by atoms with Crippen molar-refractivity contribution in [2.45, 2.75) is 44.7 Å². The topological polar surface area (TPSA) is 208 Å². The molecule has 16 nitrogen and oxygen atoms in total. The van der Waals surface area contributed by atoms with Crippen LogP contribution in [0.5, 0.6) is 5.75 Å². The molecule has 0 saturated carbocycles. The van der Waals surface area contributed by atoms with E-state index in [4.69, 9.17) is 24.7 Å². The zero-order chi connectivity index (χ0) is 40.1. The number of allylic oxidation sites excluding steroid dienone is 1. The van der Waals surface area contributed by atoms with Crippen molar-refractivity contribution in [1.29, 1.82) is 0 Å². The zero-order valence-electron chi connectivity index (χ0n) is 32.1. The van der Waals surface area contributed by atoms with Crippen LogP contribution in [-0.2, 0) is 46.3 Å². The van der Waals surface area contributed by atoms with Crippen LogP contribution in [0.4, 0.5) is 11.5 Å². The average molecular weight is 786 g/mol. The lowest BCUT2D eigenvalue weighted by Crippen LogP contribution is -2.49. The van der Waals surface area contributed by atoms with E-state index in [2.05, 4.69) is 32.3 Å². The van der Waals surface area contributed by atoms with Gasteiger partial charge in [0.15, 0.2) is 11.6 Å². The number of carbonyl (C=O) groups is 4. The largest absolute Gasteiger partial charge is 0.507 e. The number of carbonyl (C=O) groups excluding carboxylic acids is 4. The highest BCUT2D eigenvalue weighted by Gasteiger charge is 2.39. The summed E-state index contributed by atoms with van der Waals surface area (Å²) in [6.07, 6.45) is 2.61. The normalized spacial score (nSPS) is 17.1. The molecule has 2 fully saturated rings. The number of nitrogens with two attached hydrogens (primary N) is 1. The molecule has 1 aromatic heterocycles. The second-order valence-corrected chi connectivity index (χ2v) is 14.2. The Kier molecular flexibility index (Phi) is 14.6. The van der Waals surface area contributed by atoms with Crippen LogP contribution in [0.25, 0.3) is 11.3 Å². The Hall–Kier alpha value is -5.42. The van der Waals surface area contributed by atoms with Gasteiger partial charge in [0.2, 0.25) is 11.8 Å². The first kappa shape index (κ1) is 41.2. The SMILES string of the molecule is C=C1CCC(N2Cc3c(CC(=O)COCCOCCOCCOCCNC(=O)C4CCN(c5cc(-c6ccccc6O)nnc5N)CC4)cccc3C2=O)C(=O)N1. The quantitative estimate of drug-likeness (QED) is 0.122. The fraction of sp³-hybridized carbons (Fsp3) is 0.463. The molecule has 16 heteroatoms. The van der Waals surface area contributed by atoms with Crippen LogP contribution < -0.4 is 21.3 Å². The lowest BCUT2D eigenvalue weighted by molar-refractivity contribution is -0.126. The van der Waals surface area contributed by atoms with Crippen LogP contribution in [0, 0.1) is 5.92 Å². The number of aromatic hydroxyl groups is 1. The number of rotatable bonds is 20. The van der Waals surface area contributed by atoms with Crippen LogP contribution in [0.15, 0.2) is 60.8 Å². The molecule has 0 radical (unpaired) electrons. The Morgan fingerprint density at radius 3 is 2.30 bits per heavy atom. The van der Waals surface area contributed by atoms with Crippen molar-refractivity contribution >= 4 is 35.0 Å². The number of ketones is 1. The number of nitrogens with one attached hydrogen (secondary N) is 2. The minimum atomic E-state index is -0.553. The van der Waals surface area contributed by atoms with Gasteiger partial charge in [-0.1, -0.05) is 30.8 Å². The molecular formula is C41H51N7O9. The van der Waals surface area contributed by atoms with Crippen molar-refractivity contribution in [3.8, 4) is 17.0 Å². The number of hydrogen-bond acceptors (Lipinski definition) is 13. The minimum Gasteiger partial charge on any atom is -0.507 e. The number of piperidine rings is 2. The number of benzene rings is 2. The van der Waals surface area contributed by atoms with Gasteiger partial charge in [-0.2, -0.15) is 0 Å². The van der Waals surface area contributed by atoms with Crippen molar-refractivity contribution in [3.05, 3.63) is 77.5 Å². The van der Waals surface area contributed by atoms with Crippen molar-refractivity contribution in [2.24, 2.45) is 5.92 Å². The van der Waals surface area contributed by atoms with Crippen LogP contribution in [-0.4, -0.2) is 122 Å². The number of amides is 3. The number of phenols is 1. The molecule has 2 saturated heterocycles. The molecule has 5 N–H and O–H groups in total. The maximum Gasteiger partial charge on any atom is 0.255 e. The van der Waals surface area contributed by atoms with Crippen LogP contribution in [0.2, 0.25) is 0 Å². The standard InChI is InChI=1S/C41H51N7O9/c1-27-9-10-35(40(52)44-27)48-25-33-29(5-4-7-31(33)41(48)53)23-30(49)26-57-22-21-56-20-19-55-18-17-54-16-13-43-39(51)28-11-14-47(15-12-28)36-24-34(45-46-38(36)42)32-6-2-3-8-37(32)50/h2-8,24,28,35,50H,1,9-23,25-26H2,(H2,42,46)(H,43,51)(H,44,52). The third-order valence-corrected chi connectivity index (χ3v) is 10.3. The van der Waals surface area contributed by atoms with Gasteiger partial charge in [-0.05, 0) is 61.1 Å². The van der Waals surface area contributed by atoms with E-state index < -0.39 is 6.04 Å². The zero-order valence-corrected chi connectivity index (χ0v) is 32.1. The minimum absolute atomic E-state index is 0.000699. The van der Waals surface area contributed by atoms with Gasteiger partial charge in [-0.3, -0.25) is 19.2 Å². The molecule has 0 aliphatic carbocycles. The monoisotopic (exact) mass is 785 g/mol. The van der Waals surface area contributed by atoms with Crippen molar-refractivity contribution in [2.75, 3.05) is 83.1 Å². The number of para-hydroxylation sites is 1. The highest BCUT2D eigenvalue weighted by atomic mass is 16.6. The summed E-state index contributed by atoms with van der Waals surface area (Å²) in [5, 5.41) is 24.2. The molecule has 304 valence electrons. The van der Waals surface area contributed by atoms with E-state index in [1.165, 1.54) is 0 Å². The Bertz CT molecular complexity index is 1920. The summed E-state index contributed by atoms with van der Waals surface area (Å²) >= 11 is 0. The number of phenolic OH excluding ortho intramolecular Hbond substituents is 1. The van der Waals surface area contributed by atoms with E-state index in [0.717, 1.165) is 16.8 Å². The average Bonchev–Trinajstić information content (AvgIpc) is 3.54. The molecule has 0 spiro atoms. The Labute approximate surface area is 331 Å². The van der Waals surface area contributed by atoms with Crippen LogP contribution in [0.1, 0.15) is 47.2 Å². The third kappa shape index (κ3) is 10.9. The van der Waals surface area contributed by atoms with Gasteiger partial charge in [-0.15, -0.1) is 10.2 Å². The lowest BCUT2D eigenvalue weighted by Gasteiger charge is -2.33. The molecule has 6 rings (SSSR count). The molecule has 3 aliphatic heterocycles.